The average molecular weight is 376 g/mol. The Kier molecular flexibility index (Phi) is 6.57. The number of aromatic nitrogens is 2. The van der Waals surface area contributed by atoms with E-state index in [9.17, 15) is 4.79 Å². The van der Waals surface area contributed by atoms with E-state index in [-0.39, 0.29) is 12.0 Å². The lowest BCUT2D eigenvalue weighted by atomic mass is 10.1. The number of hydrogen-bond donors (Lipinski definition) is 2. The van der Waals surface area contributed by atoms with Crippen LogP contribution in [0.15, 0.2) is 67.0 Å². The molecule has 0 spiro atoms. The predicted octanol–water partition coefficient (Wildman–Crippen LogP) is 3.98. The first-order valence-corrected chi connectivity index (χ1v) is 9.28. The van der Waals surface area contributed by atoms with E-state index in [1.54, 1.807) is 6.07 Å². The average Bonchev–Trinajstić information content (AvgIpc) is 2.70. The van der Waals surface area contributed by atoms with E-state index in [2.05, 4.69) is 20.6 Å². The van der Waals surface area contributed by atoms with E-state index in [1.165, 1.54) is 11.9 Å². The highest BCUT2D eigenvalue weighted by molar-refractivity contribution is 5.93. The lowest BCUT2D eigenvalue weighted by Gasteiger charge is -2.15. The summed E-state index contributed by atoms with van der Waals surface area (Å²) in [6.07, 6.45) is 2.20. The highest BCUT2D eigenvalue weighted by Gasteiger charge is 2.10. The zero-order valence-electron chi connectivity index (χ0n) is 16.1. The molecule has 0 saturated carbocycles. The summed E-state index contributed by atoms with van der Waals surface area (Å²) < 4.78 is 5.81. The Morgan fingerprint density at radius 1 is 1.04 bits per heavy atom. The molecule has 0 aliphatic carbocycles. The van der Waals surface area contributed by atoms with Crippen LogP contribution < -0.4 is 15.4 Å². The molecule has 0 radical (unpaired) electrons. The van der Waals surface area contributed by atoms with Crippen LogP contribution in [-0.4, -0.2) is 28.5 Å². The van der Waals surface area contributed by atoms with Gasteiger partial charge in [0, 0.05) is 12.6 Å². The van der Waals surface area contributed by atoms with E-state index in [4.69, 9.17) is 4.74 Å². The minimum atomic E-state index is -0.229. The van der Waals surface area contributed by atoms with Crippen LogP contribution in [-0.2, 0) is 6.42 Å². The van der Waals surface area contributed by atoms with Crippen molar-refractivity contribution in [3.63, 3.8) is 0 Å². The van der Waals surface area contributed by atoms with Crippen molar-refractivity contribution in [2.24, 2.45) is 0 Å². The van der Waals surface area contributed by atoms with Crippen molar-refractivity contribution >= 4 is 17.4 Å². The SMILES string of the molecule is CC(C)Oc1ccccc1Nc1cc(C(=O)NCCc2ccccc2)ncn1. The molecule has 0 aliphatic heterocycles. The fourth-order valence-electron chi connectivity index (χ4n) is 2.67. The van der Waals surface area contributed by atoms with Crippen LogP contribution in [0.4, 0.5) is 11.5 Å². The zero-order valence-corrected chi connectivity index (χ0v) is 16.1. The van der Waals surface area contributed by atoms with Crippen LogP contribution in [0.5, 0.6) is 5.75 Å². The molecule has 6 heteroatoms. The molecule has 0 saturated heterocycles. The molecule has 1 aromatic heterocycles. The van der Waals surface area contributed by atoms with Gasteiger partial charge in [-0.3, -0.25) is 4.79 Å². The van der Waals surface area contributed by atoms with Gasteiger partial charge in [0.05, 0.1) is 11.8 Å². The second kappa shape index (κ2) is 9.50. The molecule has 1 amide bonds. The lowest BCUT2D eigenvalue weighted by Crippen LogP contribution is -2.26. The van der Waals surface area contributed by atoms with Gasteiger partial charge in [-0.25, -0.2) is 9.97 Å². The number of rotatable bonds is 8. The number of para-hydroxylation sites is 2. The van der Waals surface area contributed by atoms with Gasteiger partial charge in [0.2, 0.25) is 0 Å². The number of anilines is 2. The molecule has 3 rings (SSSR count). The Morgan fingerprint density at radius 2 is 1.79 bits per heavy atom. The number of carbonyl (C=O) groups is 1. The maximum absolute atomic E-state index is 12.4. The van der Waals surface area contributed by atoms with Crippen LogP contribution in [0.25, 0.3) is 0 Å². The summed E-state index contributed by atoms with van der Waals surface area (Å²) in [5.41, 5.74) is 2.27. The molecule has 0 unspecified atom stereocenters. The first kappa shape index (κ1) is 19.4. The highest BCUT2D eigenvalue weighted by atomic mass is 16.5. The van der Waals surface area contributed by atoms with E-state index >= 15 is 0 Å². The van der Waals surface area contributed by atoms with Gasteiger partial charge >= 0.3 is 0 Å². The summed E-state index contributed by atoms with van der Waals surface area (Å²) in [6.45, 7) is 4.49. The van der Waals surface area contributed by atoms with Crippen molar-refractivity contribution in [1.82, 2.24) is 15.3 Å². The maximum Gasteiger partial charge on any atom is 0.270 e. The second-order valence-electron chi connectivity index (χ2n) is 6.57. The summed E-state index contributed by atoms with van der Waals surface area (Å²) in [5, 5.41) is 6.09. The third-order valence-electron chi connectivity index (χ3n) is 3.95. The molecule has 0 atom stereocenters. The van der Waals surface area contributed by atoms with Crippen LogP contribution in [0, 0.1) is 0 Å². The molecule has 144 valence electrons. The summed E-state index contributed by atoms with van der Waals surface area (Å²) in [7, 11) is 0. The maximum atomic E-state index is 12.4. The first-order valence-electron chi connectivity index (χ1n) is 9.28. The van der Waals surface area contributed by atoms with Crippen molar-refractivity contribution in [3.8, 4) is 5.75 Å². The molecule has 6 nitrogen and oxygen atoms in total. The van der Waals surface area contributed by atoms with E-state index in [0.717, 1.165) is 17.9 Å². The number of amides is 1. The van der Waals surface area contributed by atoms with Crippen molar-refractivity contribution in [2.45, 2.75) is 26.4 Å². The van der Waals surface area contributed by atoms with Crippen molar-refractivity contribution in [3.05, 3.63) is 78.2 Å². The molecule has 3 aromatic rings. The predicted molar refractivity (Wildman–Crippen MR) is 110 cm³/mol. The Balaban J connectivity index is 1.63. The fraction of sp³-hybridized carbons (Fsp3) is 0.227. The number of ether oxygens (including phenoxy) is 1. The van der Waals surface area contributed by atoms with Crippen molar-refractivity contribution < 1.29 is 9.53 Å². The zero-order chi connectivity index (χ0) is 19.8. The Hall–Kier alpha value is -3.41. The second-order valence-corrected chi connectivity index (χ2v) is 6.57. The van der Waals surface area contributed by atoms with Gasteiger partial charge in [0.15, 0.2) is 0 Å². The highest BCUT2D eigenvalue weighted by Crippen LogP contribution is 2.27. The van der Waals surface area contributed by atoms with E-state index < -0.39 is 0 Å². The number of carbonyl (C=O) groups excluding carboxylic acids is 1. The van der Waals surface area contributed by atoms with Crippen LogP contribution in [0.2, 0.25) is 0 Å². The summed E-state index contributed by atoms with van der Waals surface area (Å²) in [4.78, 5) is 20.7. The fourth-order valence-corrected chi connectivity index (χ4v) is 2.67. The summed E-state index contributed by atoms with van der Waals surface area (Å²) >= 11 is 0. The molecule has 0 aliphatic rings. The van der Waals surface area contributed by atoms with Crippen LogP contribution >= 0.6 is 0 Å². The first-order chi connectivity index (χ1) is 13.6. The molecule has 0 fully saturated rings. The van der Waals surface area contributed by atoms with E-state index in [1.807, 2.05) is 68.4 Å². The molecule has 28 heavy (non-hydrogen) atoms. The Morgan fingerprint density at radius 3 is 2.57 bits per heavy atom. The van der Waals surface area contributed by atoms with Gasteiger partial charge in [0.1, 0.15) is 23.6 Å². The summed E-state index contributed by atoms with van der Waals surface area (Å²) in [6, 6.07) is 19.3. The third-order valence-corrected chi connectivity index (χ3v) is 3.95. The smallest absolute Gasteiger partial charge is 0.270 e. The number of hydrogen-bond acceptors (Lipinski definition) is 5. The summed E-state index contributed by atoms with van der Waals surface area (Å²) in [5.74, 6) is 1.03. The van der Waals surface area contributed by atoms with Crippen LogP contribution in [0.1, 0.15) is 29.9 Å². The normalized spacial score (nSPS) is 10.5. The van der Waals surface area contributed by atoms with Gasteiger partial charge in [-0.1, -0.05) is 42.5 Å². The van der Waals surface area contributed by atoms with Gasteiger partial charge in [-0.05, 0) is 38.0 Å². The van der Waals surface area contributed by atoms with Crippen molar-refractivity contribution in [2.75, 3.05) is 11.9 Å². The molecular formula is C22H24N4O2. The molecule has 2 N–H and O–H groups in total. The number of nitrogens with zero attached hydrogens (tertiary/aromatic N) is 2. The number of nitrogens with one attached hydrogen (secondary N) is 2. The van der Waals surface area contributed by atoms with Gasteiger partial charge < -0.3 is 15.4 Å². The standard InChI is InChI=1S/C22H24N4O2/c1-16(2)28-20-11-7-6-10-18(20)26-21-14-19(24-15-25-21)22(27)23-13-12-17-8-4-3-5-9-17/h3-11,14-16H,12-13H2,1-2H3,(H,23,27)(H,24,25,26). The minimum absolute atomic E-state index is 0.0549. The molecule has 0 bridgehead atoms. The number of benzene rings is 2. The van der Waals surface area contributed by atoms with E-state index in [0.29, 0.717) is 18.1 Å². The Bertz CT molecular complexity index is 913. The minimum Gasteiger partial charge on any atom is -0.489 e. The van der Waals surface area contributed by atoms with Gasteiger partial charge in [-0.15, -0.1) is 0 Å². The van der Waals surface area contributed by atoms with Gasteiger partial charge in [0.25, 0.3) is 5.91 Å². The third kappa shape index (κ3) is 5.54. The van der Waals surface area contributed by atoms with Gasteiger partial charge in [-0.2, -0.15) is 0 Å². The van der Waals surface area contributed by atoms with Crippen molar-refractivity contribution in [1.29, 1.82) is 0 Å². The topological polar surface area (TPSA) is 76.1 Å². The molecular weight excluding hydrogens is 352 g/mol. The largest absolute Gasteiger partial charge is 0.489 e. The monoisotopic (exact) mass is 376 g/mol. The molecule has 1 heterocycles. The molecule has 2 aromatic carbocycles. The Labute approximate surface area is 165 Å². The van der Waals surface area contributed by atoms with Crippen LogP contribution in [0.3, 0.4) is 0 Å². The quantitative estimate of drug-likeness (QED) is 0.622. The lowest BCUT2D eigenvalue weighted by molar-refractivity contribution is 0.0949.